The number of nitrogens with zero attached hydrogens (tertiary/aromatic N) is 4. The topological polar surface area (TPSA) is 163 Å². The quantitative estimate of drug-likeness (QED) is 0.230. The molecule has 3 heterocycles. The molecule has 0 bridgehead atoms. The number of hydrogen-bond donors (Lipinski definition) is 5. The van der Waals surface area contributed by atoms with Crippen molar-refractivity contribution in [2.45, 2.75) is 50.3 Å². The molecule has 1 aromatic carbocycles. The highest BCUT2D eigenvalue weighted by atomic mass is 35.5. The van der Waals surface area contributed by atoms with Crippen LogP contribution >= 0.6 is 19.2 Å². The summed E-state index contributed by atoms with van der Waals surface area (Å²) in [4.78, 5) is 30.9. The summed E-state index contributed by atoms with van der Waals surface area (Å²) in [6.07, 6.45) is -2.94. The SMILES string of the molecule is C[C@H](Nc1nc(Cl)nc2c1ncn2[C@@H]1O[C@H](CCCP(=O)(O)O)C(O)C1O)c1ccccc1. The lowest BCUT2D eigenvalue weighted by Gasteiger charge is -2.18. The number of hydrogen-bond acceptors (Lipinski definition) is 8. The first-order valence-corrected chi connectivity index (χ1v) is 12.6. The maximum Gasteiger partial charge on any atom is 0.325 e. The van der Waals surface area contributed by atoms with Crippen molar-refractivity contribution in [1.82, 2.24) is 19.5 Å². The number of ether oxygens (including phenoxy) is 1. The lowest BCUT2D eigenvalue weighted by atomic mass is 10.1. The molecule has 13 heteroatoms. The van der Waals surface area contributed by atoms with Crippen molar-refractivity contribution in [3.8, 4) is 0 Å². The summed E-state index contributed by atoms with van der Waals surface area (Å²) in [6, 6.07) is 9.66. The predicted molar refractivity (Wildman–Crippen MR) is 121 cm³/mol. The first kappa shape index (κ1) is 24.0. The van der Waals surface area contributed by atoms with Crippen molar-refractivity contribution in [2.24, 2.45) is 0 Å². The van der Waals surface area contributed by atoms with Crippen LogP contribution in [0.3, 0.4) is 0 Å². The number of aliphatic hydroxyl groups excluding tert-OH is 2. The third-order valence-electron chi connectivity index (χ3n) is 5.60. The van der Waals surface area contributed by atoms with Crippen LogP contribution in [0.5, 0.6) is 0 Å². The number of benzene rings is 1. The van der Waals surface area contributed by atoms with Crippen LogP contribution in [0, 0.1) is 0 Å². The van der Waals surface area contributed by atoms with Gasteiger partial charge in [0, 0.05) is 6.16 Å². The van der Waals surface area contributed by atoms with Gasteiger partial charge in [-0.1, -0.05) is 30.3 Å². The van der Waals surface area contributed by atoms with E-state index in [4.69, 9.17) is 26.1 Å². The minimum absolute atomic E-state index is 0.0294. The first-order valence-electron chi connectivity index (χ1n) is 10.4. The Balaban J connectivity index is 1.57. The Kier molecular flexibility index (Phi) is 7.01. The molecule has 178 valence electrons. The molecule has 2 aromatic heterocycles. The normalized spacial score (nSPS) is 24.3. The number of halogens is 1. The molecule has 0 aliphatic carbocycles. The molecule has 1 saturated heterocycles. The van der Waals surface area contributed by atoms with E-state index in [1.165, 1.54) is 10.9 Å². The maximum absolute atomic E-state index is 11.1. The van der Waals surface area contributed by atoms with Gasteiger partial charge in [0.15, 0.2) is 23.2 Å². The molecule has 5 N–H and O–H groups in total. The van der Waals surface area contributed by atoms with Gasteiger partial charge in [-0.2, -0.15) is 9.97 Å². The van der Waals surface area contributed by atoms with Crippen molar-refractivity contribution in [1.29, 1.82) is 0 Å². The van der Waals surface area contributed by atoms with Gasteiger partial charge in [-0.25, -0.2) is 4.98 Å². The summed E-state index contributed by atoms with van der Waals surface area (Å²) in [5.41, 5.74) is 1.76. The van der Waals surface area contributed by atoms with Crippen LogP contribution in [-0.4, -0.2) is 64.0 Å². The zero-order valence-electron chi connectivity index (χ0n) is 17.7. The molecule has 11 nitrogen and oxygen atoms in total. The maximum atomic E-state index is 11.1. The molecule has 0 saturated carbocycles. The van der Waals surface area contributed by atoms with E-state index in [0.29, 0.717) is 17.0 Å². The van der Waals surface area contributed by atoms with Gasteiger partial charge in [-0.3, -0.25) is 9.13 Å². The van der Waals surface area contributed by atoms with Gasteiger partial charge in [0.25, 0.3) is 0 Å². The molecule has 33 heavy (non-hydrogen) atoms. The van der Waals surface area contributed by atoms with E-state index in [2.05, 4.69) is 20.3 Å². The standard InChI is InChI=1S/C20H25ClN5O6P/c1-11(12-6-3-2-4-7-12)23-17-14-18(25-20(21)24-17)26(10-22-14)19-16(28)15(27)13(32-19)8-5-9-33(29,30)31/h2-4,6-7,10-11,13,15-16,19,27-28H,5,8-9H2,1H3,(H,23,24,25)(H2,29,30,31)/t11-,13+,15?,16?,19+/m0/s1. The number of fused-ring (bicyclic) bond motifs is 1. The molecule has 4 rings (SSSR count). The van der Waals surface area contributed by atoms with Gasteiger partial charge in [-0.15, -0.1) is 0 Å². The number of aliphatic hydroxyl groups is 2. The molecular weight excluding hydrogens is 473 g/mol. The van der Waals surface area contributed by atoms with Crippen molar-refractivity contribution in [3.63, 3.8) is 0 Å². The van der Waals surface area contributed by atoms with E-state index in [1.807, 2.05) is 37.3 Å². The lowest BCUT2D eigenvalue weighted by Crippen LogP contribution is -2.31. The third-order valence-corrected chi connectivity index (χ3v) is 6.66. The van der Waals surface area contributed by atoms with E-state index in [0.717, 1.165) is 5.56 Å². The monoisotopic (exact) mass is 497 g/mol. The molecule has 0 amide bonds. The van der Waals surface area contributed by atoms with Crippen LogP contribution in [0.15, 0.2) is 36.7 Å². The molecule has 1 aliphatic heterocycles. The van der Waals surface area contributed by atoms with E-state index >= 15 is 0 Å². The zero-order valence-corrected chi connectivity index (χ0v) is 19.3. The highest BCUT2D eigenvalue weighted by Crippen LogP contribution is 2.38. The van der Waals surface area contributed by atoms with Crippen LogP contribution in [0.25, 0.3) is 11.2 Å². The van der Waals surface area contributed by atoms with Gasteiger partial charge in [-0.05, 0) is 36.9 Å². The Labute approximate surface area is 194 Å². The van der Waals surface area contributed by atoms with Crippen LogP contribution < -0.4 is 5.32 Å². The second-order valence-corrected chi connectivity index (χ2v) is 10.1. The van der Waals surface area contributed by atoms with Gasteiger partial charge in [0.2, 0.25) is 5.28 Å². The number of anilines is 1. The minimum Gasteiger partial charge on any atom is -0.388 e. The third kappa shape index (κ3) is 5.36. The summed E-state index contributed by atoms with van der Waals surface area (Å²) in [6.45, 7) is 1.97. The zero-order chi connectivity index (χ0) is 23.8. The smallest absolute Gasteiger partial charge is 0.325 e. The van der Waals surface area contributed by atoms with Gasteiger partial charge in [0.05, 0.1) is 18.5 Å². The fraction of sp³-hybridized carbons (Fsp3) is 0.450. The summed E-state index contributed by atoms with van der Waals surface area (Å²) in [5.74, 6) is 0.409. The van der Waals surface area contributed by atoms with Crippen molar-refractivity contribution in [2.75, 3.05) is 11.5 Å². The van der Waals surface area contributed by atoms with Gasteiger partial charge >= 0.3 is 7.60 Å². The molecule has 0 spiro atoms. The fourth-order valence-corrected chi connectivity index (χ4v) is 4.66. The van der Waals surface area contributed by atoms with Crippen LogP contribution in [-0.2, 0) is 9.30 Å². The van der Waals surface area contributed by atoms with Crippen molar-refractivity contribution >= 4 is 36.2 Å². The molecular formula is C20H25ClN5O6P. The summed E-state index contributed by atoms with van der Waals surface area (Å²) in [5, 5.41) is 24.2. The number of aromatic nitrogens is 4. The summed E-state index contributed by atoms with van der Waals surface area (Å²) < 4.78 is 18.4. The Morgan fingerprint density at radius 3 is 2.64 bits per heavy atom. The fourth-order valence-electron chi connectivity index (χ4n) is 3.90. The highest BCUT2D eigenvalue weighted by Gasteiger charge is 2.44. The van der Waals surface area contributed by atoms with Crippen LogP contribution in [0.4, 0.5) is 5.82 Å². The van der Waals surface area contributed by atoms with E-state index in [1.54, 1.807) is 0 Å². The Morgan fingerprint density at radius 1 is 1.21 bits per heavy atom. The van der Waals surface area contributed by atoms with E-state index < -0.39 is 32.1 Å². The van der Waals surface area contributed by atoms with Crippen molar-refractivity contribution < 1.29 is 29.3 Å². The summed E-state index contributed by atoms with van der Waals surface area (Å²) >= 11 is 6.16. The van der Waals surface area contributed by atoms with E-state index in [9.17, 15) is 14.8 Å². The van der Waals surface area contributed by atoms with Crippen LogP contribution in [0.2, 0.25) is 5.28 Å². The molecule has 3 aromatic rings. The van der Waals surface area contributed by atoms with Crippen LogP contribution in [0.1, 0.15) is 37.6 Å². The minimum atomic E-state index is -4.15. The lowest BCUT2D eigenvalue weighted by molar-refractivity contribution is -0.0370. The highest BCUT2D eigenvalue weighted by molar-refractivity contribution is 7.51. The first-order chi connectivity index (χ1) is 15.6. The average Bonchev–Trinajstić information content (AvgIpc) is 3.29. The molecule has 0 radical (unpaired) electrons. The number of rotatable bonds is 8. The van der Waals surface area contributed by atoms with Gasteiger partial charge in [0.1, 0.15) is 12.2 Å². The molecule has 1 aliphatic rings. The van der Waals surface area contributed by atoms with E-state index in [-0.39, 0.29) is 30.3 Å². The number of imidazole rings is 1. The predicted octanol–water partition coefficient (Wildman–Crippen LogP) is 2.23. The van der Waals surface area contributed by atoms with Crippen molar-refractivity contribution in [3.05, 3.63) is 47.5 Å². The number of nitrogens with one attached hydrogen (secondary N) is 1. The average molecular weight is 498 g/mol. The molecule has 1 fully saturated rings. The van der Waals surface area contributed by atoms with Gasteiger partial charge < -0.3 is 30.1 Å². The molecule has 2 unspecified atom stereocenters. The summed E-state index contributed by atoms with van der Waals surface area (Å²) in [7, 11) is -4.15. The Bertz CT molecular complexity index is 1160. The second kappa shape index (κ2) is 9.63. The Morgan fingerprint density at radius 2 is 1.94 bits per heavy atom. The Hall–Kier alpha value is -2.11. The second-order valence-electron chi connectivity index (χ2n) is 8.02. The largest absolute Gasteiger partial charge is 0.388 e. The molecule has 5 atom stereocenters.